The minimum absolute atomic E-state index is 0.0103. The van der Waals surface area contributed by atoms with Crippen molar-refractivity contribution < 1.29 is 47.2 Å². The van der Waals surface area contributed by atoms with E-state index in [1.54, 1.807) is 0 Å². The van der Waals surface area contributed by atoms with Gasteiger partial charge in [0.25, 0.3) is 0 Å². The van der Waals surface area contributed by atoms with Gasteiger partial charge in [-0.3, -0.25) is 18.6 Å². The molecule has 0 fully saturated rings. The Labute approximate surface area is 348 Å². The molecule has 0 aromatic heterocycles. The van der Waals surface area contributed by atoms with E-state index in [0.29, 0.717) is 23.9 Å². The van der Waals surface area contributed by atoms with Crippen LogP contribution < -0.4 is 0 Å². The first kappa shape index (κ1) is 54.7. The van der Waals surface area contributed by atoms with Gasteiger partial charge < -0.3 is 24.0 Å². The van der Waals surface area contributed by atoms with Crippen molar-refractivity contribution in [2.45, 2.75) is 174 Å². The maximum absolute atomic E-state index is 12.7. The highest BCUT2D eigenvalue weighted by atomic mass is 31.2. The van der Waals surface area contributed by atoms with E-state index in [2.05, 4.69) is 38.2 Å². The second-order valence-electron chi connectivity index (χ2n) is 15.9. The van der Waals surface area contributed by atoms with E-state index >= 15 is 0 Å². The van der Waals surface area contributed by atoms with Crippen molar-refractivity contribution >= 4 is 19.8 Å². The molecule has 0 aliphatic carbocycles. The number of phosphoric ester groups is 1. The third-order valence-corrected chi connectivity index (χ3v) is 10.1. The van der Waals surface area contributed by atoms with Gasteiger partial charge in [-0.1, -0.05) is 145 Å². The van der Waals surface area contributed by atoms with Gasteiger partial charge in [0.15, 0.2) is 6.10 Å². The van der Waals surface area contributed by atoms with Gasteiger partial charge >= 0.3 is 19.8 Å². The van der Waals surface area contributed by atoms with Gasteiger partial charge in [0, 0.05) is 12.8 Å². The smallest absolute Gasteiger partial charge is 0.462 e. The number of hydrogen-bond acceptors (Lipinski definition) is 8. The first-order chi connectivity index (χ1) is 27.4. The van der Waals surface area contributed by atoms with Crippen LogP contribution in [0.3, 0.4) is 0 Å². The van der Waals surface area contributed by atoms with E-state index in [9.17, 15) is 24.2 Å². The van der Waals surface area contributed by atoms with Gasteiger partial charge in [-0.25, -0.2) is 4.57 Å². The average Bonchev–Trinajstić information content (AvgIpc) is 3.15. The summed E-state index contributed by atoms with van der Waals surface area (Å²) < 4.78 is 34.2. The minimum atomic E-state index is -4.40. The Kier molecular flexibility index (Phi) is 36.4. The van der Waals surface area contributed by atoms with Crippen LogP contribution in [0, 0.1) is 0 Å². The molecule has 11 heteroatoms. The summed E-state index contributed by atoms with van der Waals surface area (Å²) in [5.74, 6) is -0.900. The van der Waals surface area contributed by atoms with Gasteiger partial charge in [0.2, 0.25) is 0 Å². The van der Waals surface area contributed by atoms with Crippen LogP contribution in [-0.4, -0.2) is 86.1 Å². The molecule has 2 N–H and O–H groups in total. The lowest BCUT2D eigenvalue weighted by Crippen LogP contribution is -2.37. The maximum Gasteiger partial charge on any atom is 0.472 e. The monoisotopic (exact) mass is 825 g/mol. The molecular formula is C46H83NO9P+. The second kappa shape index (κ2) is 37.9. The summed E-state index contributed by atoms with van der Waals surface area (Å²) in [4.78, 5) is 35.3. The normalized spacial score (nSPS) is 14.7. The average molecular weight is 825 g/mol. The van der Waals surface area contributed by atoms with Gasteiger partial charge in [-0.05, 0) is 64.2 Å². The molecular weight excluding hydrogens is 741 g/mol. The Morgan fingerprint density at radius 2 is 1.18 bits per heavy atom. The molecule has 10 nitrogen and oxygen atoms in total. The van der Waals surface area contributed by atoms with Crippen molar-refractivity contribution in [1.29, 1.82) is 0 Å². The zero-order valence-corrected chi connectivity index (χ0v) is 37.6. The van der Waals surface area contributed by atoms with Crippen LogP contribution >= 0.6 is 7.82 Å². The lowest BCUT2D eigenvalue weighted by Gasteiger charge is -2.24. The molecule has 0 rings (SSSR count). The predicted molar refractivity (Wildman–Crippen MR) is 235 cm³/mol. The fourth-order valence-electron chi connectivity index (χ4n) is 5.58. The summed E-state index contributed by atoms with van der Waals surface area (Å²) in [7, 11) is 1.40. The summed E-state index contributed by atoms with van der Waals surface area (Å²) >= 11 is 0. The minimum Gasteiger partial charge on any atom is -0.462 e. The molecule has 0 radical (unpaired) electrons. The molecule has 0 aliphatic rings. The fraction of sp³-hybridized carbons (Fsp3) is 0.739. The molecule has 1 unspecified atom stereocenters. The molecule has 0 saturated heterocycles. The highest BCUT2D eigenvalue weighted by Crippen LogP contribution is 2.43. The highest BCUT2D eigenvalue weighted by Gasteiger charge is 2.27. The lowest BCUT2D eigenvalue weighted by atomic mass is 10.1. The number of carbonyl (C=O) groups is 2. The number of phosphoric acid groups is 1. The molecule has 3 atom stereocenters. The van der Waals surface area contributed by atoms with Crippen LogP contribution in [0.15, 0.2) is 60.8 Å². The van der Waals surface area contributed by atoms with Crippen molar-refractivity contribution in [2.75, 3.05) is 47.5 Å². The Hall–Kier alpha value is -2.33. The zero-order chi connectivity index (χ0) is 42.3. The number of aliphatic hydroxyl groups is 1. The number of aliphatic hydroxyl groups excluding tert-OH is 1. The van der Waals surface area contributed by atoms with E-state index in [0.717, 1.165) is 70.6 Å². The Morgan fingerprint density at radius 3 is 1.84 bits per heavy atom. The Balaban J connectivity index is 4.52. The molecule has 57 heavy (non-hydrogen) atoms. The number of unbranched alkanes of at least 4 members (excludes halogenated alkanes) is 14. The first-order valence-corrected chi connectivity index (χ1v) is 23.6. The quantitative estimate of drug-likeness (QED) is 0.0155. The number of hydrogen-bond donors (Lipinski definition) is 2. The Morgan fingerprint density at radius 1 is 0.632 bits per heavy atom. The van der Waals surface area contributed by atoms with Gasteiger partial charge in [0.1, 0.15) is 19.8 Å². The SMILES string of the molecule is CCCCCC/C=C\CCCCCCCCCC(=O)OC[C@H](COP(=O)(O)OCC[N+](C)(C)C)OC(=O)CCC/C=C\C/C=C\C/C=C\C=C\[C@@H](O)CCCCC. The van der Waals surface area contributed by atoms with Crippen LogP contribution in [0.2, 0.25) is 0 Å². The van der Waals surface area contributed by atoms with Crippen LogP contribution in [0.25, 0.3) is 0 Å². The second-order valence-corrected chi connectivity index (χ2v) is 17.4. The lowest BCUT2D eigenvalue weighted by molar-refractivity contribution is -0.870. The first-order valence-electron chi connectivity index (χ1n) is 22.1. The molecule has 0 aromatic carbocycles. The molecule has 0 spiro atoms. The molecule has 0 heterocycles. The van der Waals surface area contributed by atoms with Crippen LogP contribution in [-0.2, 0) is 32.7 Å². The van der Waals surface area contributed by atoms with Gasteiger partial charge in [0.05, 0.1) is 33.9 Å². The van der Waals surface area contributed by atoms with Gasteiger partial charge in [-0.15, -0.1) is 0 Å². The number of carbonyl (C=O) groups excluding carboxylic acids is 2. The van der Waals surface area contributed by atoms with Crippen molar-refractivity contribution in [3.63, 3.8) is 0 Å². The number of allylic oxidation sites excluding steroid dienone is 9. The molecule has 330 valence electrons. The number of ether oxygens (including phenoxy) is 2. The zero-order valence-electron chi connectivity index (χ0n) is 36.7. The number of esters is 2. The van der Waals surface area contributed by atoms with E-state index in [1.165, 1.54) is 51.4 Å². The van der Waals surface area contributed by atoms with Crippen LogP contribution in [0.1, 0.15) is 162 Å². The standard InChI is InChI=1S/C46H82NO9P/c1-6-8-10-11-12-13-14-15-16-17-20-23-26-29-33-37-45(49)53-41-44(42-55-57(51,52)54-40-39-47(3,4)5)56-46(50)38-34-30-27-24-21-18-19-22-25-28-32-36-43(48)35-31-9-7-2/h13-14,18-19,24-25,27-28,32,36,43-44,48H,6-12,15-17,20-23,26,29-31,33-35,37-42H2,1-5H3/p+1/b14-13-,19-18-,27-24-,28-25-,36-32+/t43-,44+/m0/s1. The fourth-order valence-corrected chi connectivity index (χ4v) is 6.32. The topological polar surface area (TPSA) is 129 Å². The summed E-state index contributed by atoms with van der Waals surface area (Å²) in [6.45, 7) is 4.19. The van der Waals surface area contributed by atoms with E-state index in [-0.39, 0.29) is 32.2 Å². The molecule has 0 bridgehead atoms. The number of rotatable bonds is 39. The molecule has 0 amide bonds. The van der Waals surface area contributed by atoms with Crippen molar-refractivity contribution in [1.82, 2.24) is 0 Å². The molecule has 0 saturated carbocycles. The summed E-state index contributed by atoms with van der Waals surface area (Å²) in [6, 6.07) is 0. The van der Waals surface area contributed by atoms with Crippen LogP contribution in [0.5, 0.6) is 0 Å². The van der Waals surface area contributed by atoms with Crippen molar-refractivity contribution in [3.8, 4) is 0 Å². The van der Waals surface area contributed by atoms with E-state index in [4.69, 9.17) is 18.5 Å². The predicted octanol–water partition coefficient (Wildman–Crippen LogP) is 11.4. The summed E-state index contributed by atoms with van der Waals surface area (Å²) in [5.41, 5.74) is 0. The Bertz CT molecular complexity index is 1170. The highest BCUT2D eigenvalue weighted by molar-refractivity contribution is 7.47. The van der Waals surface area contributed by atoms with Crippen molar-refractivity contribution in [3.05, 3.63) is 60.8 Å². The molecule has 0 aromatic rings. The summed E-state index contributed by atoms with van der Waals surface area (Å²) in [6.07, 6.45) is 41.7. The third kappa shape index (κ3) is 41.6. The van der Waals surface area contributed by atoms with E-state index in [1.807, 2.05) is 57.6 Å². The third-order valence-electron chi connectivity index (χ3n) is 9.12. The number of likely N-dealkylation sites (N-methyl/N-ethyl adjacent to an activating group) is 1. The van der Waals surface area contributed by atoms with E-state index < -0.39 is 32.5 Å². The number of nitrogens with zero attached hydrogens (tertiary/aromatic N) is 1. The van der Waals surface area contributed by atoms with Crippen LogP contribution in [0.4, 0.5) is 0 Å². The van der Waals surface area contributed by atoms with Gasteiger partial charge in [-0.2, -0.15) is 0 Å². The molecule has 0 aliphatic heterocycles. The largest absolute Gasteiger partial charge is 0.472 e. The summed E-state index contributed by atoms with van der Waals surface area (Å²) in [5, 5.41) is 9.91. The maximum atomic E-state index is 12.7. The number of quaternary nitrogens is 1. The van der Waals surface area contributed by atoms with Crippen molar-refractivity contribution in [2.24, 2.45) is 0 Å².